The average Bonchev–Trinajstić information content (AvgIpc) is 3.49. The third-order valence-electron chi connectivity index (χ3n) is 5.97. The van der Waals surface area contributed by atoms with Gasteiger partial charge >= 0.3 is 0 Å². The van der Waals surface area contributed by atoms with Crippen LogP contribution in [0.3, 0.4) is 0 Å². The molecule has 2 aromatic carbocycles. The molecule has 1 aliphatic rings. The molecule has 0 bridgehead atoms. The number of fused-ring (bicyclic) bond motifs is 2. The van der Waals surface area contributed by atoms with Gasteiger partial charge in [-0.1, -0.05) is 23.2 Å². The number of nitrogens with zero attached hydrogens (tertiary/aromatic N) is 6. The van der Waals surface area contributed by atoms with Crippen LogP contribution in [-0.2, 0) is 4.74 Å². The first-order valence-corrected chi connectivity index (χ1v) is 11.3. The highest BCUT2D eigenvalue weighted by Gasteiger charge is 2.22. The summed E-state index contributed by atoms with van der Waals surface area (Å²) in [4.78, 5) is 16.1. The van der Waals surface area contributed by atoms with Gasteiger partial charge in [0, 0.05) is 35.9 Å². The highest BCUT2D eigenvalue weighted by Crippen LogP contribution is 2.38. The summed E-state index contributed by atoms with van der Waals surface area (Å²) in [6, 6.07) is 9.77. The van der Waals surface area contributed by atoms with Gasteiger partial charge < -0.3 is 9.64 Å². The van der Waals surface area contributed by atoms with Crippen LogP contribution in [0.15, 0.2) is 42.9 Å². The number of anilines is 1. The number of benzene rings is 2. The zero-order valence-electron chi connectivity index (χ0n) is 17.7. The molecule has 0 aliphatic carbocycles. The number of ether oxygens (including phenoxy) is 1. The van der Waals surface area contributed by atoms with E-state index in [1.807, 2.05) is 13.0 Å². The lowest BCUT2D eigenvalue weighted by atomic mass is 10.1. The topological polar surface area (TPSA) is 84.8 Å². The van der Waals surface area contributed by atoms with Gasteiger partial charge in [0.15, 0.2) is 5.82 Å². The highest BCUT2D eigenvalue weighted by atomic mass is 35.5. The number of H-pyrrole nitrogens is 1. The smallest absolute Gasteiger partial charge is 0.157 e. The second-order valence-electron chi connectivity index (χ2n) is 7.87. The Balaban J connectivity index is 1.68. The first kappa shape index (κ1) is 20.4. The number of halogens is 2. The van der Waals surface area contributed by atoms with Crippen molar-refractivity contribution in [3.8, 4) is 17.1 Å². The minimum Gasteiger partial charge on any atom is -0.378 e. The van der Waals surface area contributed by atoms with Gasteiger partial charge in [0.1, 0.15) is 17.7 Å². The molecule has 0 saturated carbocycles. The zero-order chi connectivity index (χ0) is 22.5. The normalized spacial score (nSPS) is 14.5. The molecule has 0 radical (unpaired) electrons. The molecule has 5 aromatic rings. The minimum atomic E-state index is 0.551. The first-order valence-electron chi connectivity index (χ1n) is 10.6. The van der Waals surface area contributed by atoms with Crippen LogP contribution in [0.1, 0.15) is 5.82 Å². The Kier molecular flexibility index (Phi) is 4.94. The fourth-order valence-electron chi connectivity index (χ4n) is 4.47. The Morgan fingerprint density at radius 1 is 1.00 bits per heavy atom. The summed E-state index contributed by atoms with van der Waals surface area (Å²) in [5, 5.41) is 8.96. The molecule has 3 aromatic heterocycles. The predicted molar refractivity (Wildman–Crippen MR) is 130 cm³/mol. The van der Waals surface area contributed by atoms with E-state index in [0.717, 1.165) is 52.3 Å². The Morgan fingerprint density at radius 2 is 1.82 bits per heavy atom. The molecule has 1 saturated heterocycles. The quantitative estimate of drug-likeness (QED) is 0.399. The molecule has 166 valence electrons. The van der Waals surface area contributed by atoms with E-state index in [2.05, 4.69) is 41.8 Å². The number of aromatic nitrogens is 6. The number of imidazole rings is 1. The molecule has 0 amide bonds. The Morgan fingerprint density at radius 3 is 2.61 bits per heavy atom. The lowest BCUT2D eigenvalue weighted by Gasteiger charge is -2.29. The molecule has 1 aliphatic heterocycles. The SMILES string of the molecule is Cc1nc2c(-c3ncn[nH]3)cc(N3CCOCC3)cc2n1-c1ccnc2c(Cl)ccc(Cl)c12. The Labute approximate surface area is 199 Å². The van der Waals surface area contributed by atoms with Crippen LogP contribution in [0.2, 0.25) is 10.0 Å². The lowest BCUT2D eigenvalue weighted by Crippen LogP contribution is -2.36. The van der Waals surface area contributed by atoms with Crippen LogP contribution in [0, 0.1) is 6.92 Å². The van der Waals surface area contributed by atoms with Crippen LogP contribution in [0.4, 0.5) is 5.69 Å². The average molecular weight is 480 g/mol. The third kappa shape index (κ3) is 3.33. The van der Waals surface area contributed by atoms with E-state index in [1.165, 1.54) is 6.33 Å². The fourth-order valence-corrected chi connectivity index (χ4v) is 4.92. The third-order valence-corrected chi connectivity index (χ3v) is 6.59. The van der Waals surface area contributed by atoms with Crippen LogP contribution < -0.4 is 4.90 Å². The van der Waals surface area contributed by atoms with Gasteiger partial charge in [-0.25, -0.2) is 9.97 Å². The fraction of sp³-hybridized carbons (Fsp3) is 0.217. The van der Waals surface area contributed by atoms with Crippen molar-refractivity contribution < 1.29 is 4.74 Å². The molecule has 33 heavy (non-hydrogen) atoms. The van der Waals surface area contributed by atoms with E-state index >= 15 is 0 Å². The summed E-state index contributed by atoms with van der Waals surface area (Å²) < 4.78 is 7.66. The van der Waals surface area contributed by atoms with E-state index in [4.69, 9.17) is 32.9 Å². The van der Waals surface area contributed by atoms with Crippen LogP contribution in [-0.4, -0.2) is 56.0 Å². The molecular formula is C23H19Cl2N7O. The van der Waals surface area contributed by atoms with Crippen molar-refractivity contribution >= 4 is 50.8 Å². The standard InChI is InChI=1S/C23H19Cl2N7O/c1-13-29-21-15(23-27-12-28-30-23)10-14(31-6-8-33-9-7-31)11-19(21)32(13)18-4-5-26-22-17(25)3-2-16(24)20(18)22/h2-5,10-12H,6-9H2,1H3,(H,27,28,30). The van der Waals surface area contributed by atoms with Crippen LogP contribution >= 0.6 is 23.2 Å². The van der Waals surface area contributed by atoms with Gasteiger partial charge in [-0.2, -0.15) is 5.10 Å². The van der Waals surface area contributed by atoms with Crippen LogP contribution in [0.5, 0.6) is 0 Å². The summed E-state index contributed by atoms with van der Waals surface area (Å²) >= 11 is 13.1. The van der Waals surface area contributed by atoms with Gasteiger partial charge in [-0.05, 0) is 37.3 Å². The number of nitrogens with one attached hydrogen (secondary N) is 1. The molecule has 0 spiro atoms. The molecule has 0 atom stereocenters. The molecule has 1 fully saturated rings. The number of morpholine rings is 1. The monoisotopic (exact) mass is 479 g/mol. The maximum absolute atomic E-state index is 6.64. The second-order valence-corrected chi connectivity index (χ2v) is 8.69. The van der Waals surface area contributed by atoms with Crippen molar-refractivity contribution in [2.75, 3.05) is 31.2 Å². The van der Waals surface area contributed by atoms with Gasteiger partial charge in [-0.15, -0.1) is 0 Å². The maximum atomic E-state index is 6.64. The molecule has 10 heteroatoms. The van der Waals surface area contributed by atoms with Crippen molar-refractivity contribution in [2.24, 2.45) is 0 Å². The number of pyridine rings is 1. The predicted octanol–water partition coefficient (Wildman–Crippen LogP) is 4.81. The van der Waals surface area contributed by atoms with Crippen molar-refractivity contribution in [1.82, 2.24) is 29.7 Å². The van der Waals surface area contributed by atoms with E-state index in [1.54, 1.807) is 18.3 Å². The summed E-state index contributed by atoms with van der Waals surface area (Å²) in [7, 11) is 0. The minimum absolute atomic E-state index is 0.551. The number of aromatic amines is 1. The number of hydrogen-bond donors (Lipinski definition) is 1. The highest BCUT2D eigenvalue weighted by molar-refractivity contribution is 6.40. The van der Waals surface area contributed by atoms with E-state index in [0.29, 0.717) is 34.6 Å². The van der Waals surface area contributed by atoms with Crippen LogP contribution in [0.25, 0.3) is 39.0 Å². The molecule has 6 rings (SSSR count). The van der Waals surface area contributed by atoms with Gasteiger partial charge in [0.25, 0.3) is 0 Å². The molecule has 1 N–H and O–H groups in total. The first-order chi connectivity index (χ1) is 16.1. The van der Waals surface area contributed by atoms with Crippen molar-refractivity contribution in [2.45, 2.75) is 6.92 Å². The van der Waals surface area contributed by atoms with E-state index < -0.39 is 0 Å². The van der Waals surface area contributed by atoms with Crippen molar-refractivity contribution in [3.05, 3.63) is 58.7 Å². The van der Waals surface area contributed by atoms with Gasteiger partial charge in [0.05, 0.1) is 40.0 Å². The zero-order valence-corrected chi connectivity index (χ0v) is 19.2. The number of aryl methyl sites for hydroxylation is 1. The largest absolute Gasteiger partial charge is 0.378 e. The Hall–Kier alpha value is -3.20. The summed E-state index contributed by atoms with van der Waals surface area (Å²) in [6.45, 7) is 4.99. The van der Waals surface area contributed by atoms with Gasteiger partial charge in [-0.3, -0.25) is 14.6 Å². The van der Waals surface area contributed by atoms with E-state index in [9.17, 15) is 0 Å². The molecule has 4 heterocycles. The Bertz CT molecular complexity index is 1490. The maximum Gasteiger partial charge on any atom is 0.157 e. The van der Waals surface area contributed by atoms with Gasteiger partial charge in [0.2, 0.25) is 0 Å². The second kappa shape index (κ2) is 7.98. The summed E-state index contributed by atoms with van der Waals surface area (Å²) in [5.41, 5.74) is 5.24. The summed E-state index contributed by atoms with van der Waals surface area (Å²) in [6.07, 6.45) is 3.25. The number of rotatable bonds is 3. The van der Waals surface area contributed by atoms with Crippen molar-refractivity contribution in [3.63, 3.8) is 0 Å². The number of hydrogen-bond acceptors (Lipinski definition) is 6. The molecule has 0 unspecified atom stereocenters. The van der Waals surface area contributed by atoms with Crippen molar-refractivity contribution in [1.29, 1.82) is 0 Å². The molecular weight excluding hydrogens is 461 g/mol. The van der Waals surface area contributed by atoms with E-state index in [-0.39, 0.29) is 0 Å². The molecule has 8 nitrogen and oxygen atoms in total. The summed E-state index contributed by atoms with van der Waals surface area (Å²) in [5.74, 6) is 1.48. The lowest BCUT2D eigenvalue weighted by molar-refractivity contribution is 0.122.